The molecule has 0 N–H and O–H groups in total. The van der Waals surface area contributed by atoms with E-state index in [1.54, 1.807) is 14.2 Å². The molecular weight excluding hydrogens is 268 g/mol. The first-order valence-electron chi connectivity index (χ1n) is 7.09. The Morgan fingerprint density at radius 1 is 1.10 bits per heavy atom. The summed E-state index contributed by atoms with van der Waals surface area (Å²) in [5.41, 5.74) is 1.98. The first-order valence-corrected chi connectivity index (χ1v) is 7.09. The van der Waals surface area contributed by atoms with Gasteiger partial charge in [0.1, 0.15) is 22.8 Å². The largest absolute Gasteiger partial charge is 0.496 e. The highest BCUT2D eigenvalue weighted by Gasteiger charge is 2.17. The predicted molar refractivity (Wildman–Crippen MR) is 82.6 cm³/mol. The minimum atomic E-state index is 0.744. The maximum absolute atomic E-state index is 5.46. The average Bonchev–Trinajstić information content (AvgIpc) is 2.54. The molecule has 21 heavy (non-hydrogen) atoms. The van der Waals surface area contributed by atoms with E-state index in [2.05, 4.69) is 17.9 Å². The van der Waals surface area contributed by atoms with E-state index in [9.17, 15) is 0 Å². The molecule has 1 aromatic heterocycles. The van der Waals surface area contributed by atoms with Crippen LogP contribution >= 0.6 is 0 Å². The Morgan fingerprint density at radius 2 is 1.76 bits per heavy atom. The average molecular weight is 288 g/mol. The first kappa shape index (κ1) is 13.9. The molecule has 2 heterocycles. The Labute approximate surface area is 124 Å². The smallest absolute Gasteiger partial charge is 0.145 e. The molecule has 1 fully saturated rings. The zero-order valence-corrected chi connectivity index (χ0v) is 12.7. The molecule has 1 aromatic carbocycles. The Morgan fingerprint density at radius 3 is 2.43 bits per heavy atom. The van der Waals surface area contributed by atoms with E-state index in [0.29, 0.717) is 0 Å². The molecule has 0 atom stereocenters. The Hall–Kier alpha value is -2.01. The summed E-state index contributed by atoms with van der Waals surface area (Å²) in [7, 11) is 3.34. The van der Waals surface area contributed by atoms with Gasteiger partial charge in [-0.2, -0.15) is 0 Å². The van der Waals surface area contributed by atoms with E-state index in [-0.39, 0.29) is 0 Å². The fourth-order valence-electron chi connectivity index (χ4n) is 2.75. The van der Waals surface area contributed by atoms with Crippen molar-refractivity contribution in [2.75, 3.05) is 45.4 Å². The molecule has 0 spiro atoms. The van der Waals surface area contributed by atoms with Crippen molar-refractivity contribution in [3.63, 3.8) is 0 Å². The number of hydrogen-bond donors (Lipinski definition) is 0. The second-order valence-corrected chi connectivity index (χ2v) is 5.09. The van der Waals surface area contributed by atoms with E-state index in [1.165, 1.54) is 0 Å². The van der Waals surface area contributed by atoms with Crippen molar-refractivity contribution >= 4 is 16.7 Å². The number of aryl methyl sites for hydroxylation is 1. The number of aromatic nitrogens is 1. The van der Waals surface area contributed by atoms with Gasteiger partial charge in [-0.3, -0.25) is 0 Å². The van der Waals surface area contributed by atoms with Gasteiger partial charge < -0.3 is 19.1 Å². The number of fused-ring (bicyclic) bond motifs is 1. The number of morpholine rings is 1. The van der Waals surface area contributed by atoms with Crippen LogP contribution in [0.2, 0.25) is 0 Å². The number of methoxy groups -OCH3 is 2. The SMILES string of the molecule is COc1ccc(OC)c2c(C)cc(N3CCOCC3)nc12. The summed E-state index contributed by atoms with van der Waals surface area (Å²) in [6, 6.07) is 5.93. The molecule has 112 valence electrons. The highest BCUT2D eigenvalue weighted by molar-refractivity contribution is 5.94. The second-order valence-electron chi connectivity index (χ2n) is 5.09. The lowest BCUT2D eigenvalue weighted by Crippen LogP contribution is -2.36. The van der Waals surface area contributed by atoms with Crippen molar-refractivity contribution < 1.29 is 14.2 Å². The number of benzene rings is 1. The van der Waals surface area contributed by atoms with E-state index < -0.39 is 0 Å². The maximum Gasteiger partial charge on any atom is 0.145 e. The number of nitrogens with zero attached hydrogens (tertiary/aromatic N) is 2. The van der Waals surface area contributed by atoms with Crippen LogP contribution in [0.1, 0.15) is 5.56 Å². The summed E-state index contributed by atoms with van der Waals surface area (Å²) in [5, 5.41) is 1.01. The van der Waals surface area contributed by atoms with Crippen LogP contribution in [0.3, 0.4) is 0 Å². The molecule has 3 rings (SSSR count). The number of anilines is 1. The van der Waals surface area contributed by atoms with Gasteiger partial charge in [-0.15, -0.1) is 0 Å². The van der Waals surface area contributed by atoms with Gasteiger partial charge >= 0.3 is 0 Å². The zero-order valence-electron chi connectivity index (χ0n) is 12.7. The van der Waals surface area contributed by atoms with Crippen molar-refractivity contribution in [1.29, 1.82) is 0 Å². The third kappa shape index (κ3) is 2.49. The van der Waals surface area contributed by atoms with Crippen LogP contribution in [0.25, 0.3) is 10.9 Å². The molecule has 0 unspecified atom stereocenters. The van der Waals surface area contributed by atoms with Crippen LogP contribution in [0.4, 0.5) is 5.82 Å². The molecular formula is C16H20N2O3. The Kier molecular flexibility index (Phi) is 3.84. The Balaban J connectivity index is 2.17. The van der Waals surface area contributed by atoms with Crippen LogP contribution in [0, 0.1) is 6.92 Å². The lowest BCUT2D eigenvalue weighted by atomic mass is 10.1. The van der Waals surface area contributed by atoms with Crippen molar-refractivity contribution in [1.82, 2.24) is 4.98 Å². The molecule has 0 radical (unpaired) electrons. The second kappa shape index (κ2) is 5.77. The molecule has 2 aromatic rings. The van der Waals surface area contributed by atoms with E-state index in [1.807, 2.05) is 12.1 Å². The van der Waals surface area contributed by atoms with Gasteiger partial charge in [0, 0.05) is 18.5 Å². The maximum atomic E-state index is 5.46. The molecule has 0 amide bonds. The first-order chi connectivity index (χ1) is 10.2. The molecule has 1 saturated heterocycles. The highest BCUT2D eigenvalue weighted by Crippen LogP contribution is 2.35. The van der Waals surface area contributed by atoms with Gasteiger partial charge in [-0.1, -0.05) is 0 Å². The molecule has 0 bridgehead atoms. The van der Waals surface area contributed by atoms with Crippen molar-refractivity contribution in [3.8, 4) is 11.5 Å². The van der Waals surface area contributed by atoms with Crippen LogP contribution in [0.5, 0.6) is 11.5 Å². The summed E-state index contributed by atoms with van der Waals surface area (Å²) >= 11 is 0. The molecule has 1 aliphatic heterocycles. The van der Waals surface area contributed by atoms with Crippen LogP contribution in [-0.2, 0) is 4.74 Å². The predicted octanol–water partition coefficient (Wildman–Crippen LogP) is 2.40. The lowest BCUT2D eigenvalue weighted by molar-refractivity contribution is 0.122. The number of hydrogen-bond acceptors (Lipinski definition) is 5. The monoisotopic (exact) mass is 288 g/mol. The summed E-state index contributed by atoms with van der Waals surface area (Å²) in [6.45, 7) is 5.30. The highest BCUT2D eigenvalue weighted by atomic mass is 16.5. The van der Waals surface area contributed by atoms with Crippen LogP contribution in [0.15, 0.2) is 18.2 Å². The minimum Gasteiger partial charge on any atom is -0.496 e. The molecule has 1 aliphatic rings. The third-order valence-electron chi connectivity index (χ3n) is 3.84. The van der Waals surface area contributed by atoms with Crippen LogP contribution in [-0.4, -0.2) is 45.5 Å². The normalized spacial score (nSPS) is 15.3. The van der Waals surface area contributed by atoms with E-state index >= 15 is 0 Å². The van der Waals surface area contributed by atoms with Crippen molar-refractivity contribution in [2.45, 2.75) is 6.92 Å². The summed E-state index contributed by atoms with van der Waals surface area (Å²) in [6.07, 6.45) is 0. The number of pyridine rings is 1. The van der Waals surface area contributed by atoms with Crippen LogP contribution < -0.4 is 14.4 Å². The Bertz CT molecular complexity index is 652. The topological polar surface area (TPSA) is 43.8 Å². The van der Waals surface area contributed by atoms with E-state index in [4.69, 9.17) is 19.2 Å². The summed E-state index contributed by atoms with van der Waals surface area (Å²) in [5.74, 6) is 2.56. The molecule has 0 saturated carbocycles. The lowest BCUT2D eigenvalue weighted by Gasteiger charge is -2.28. The number of ether oxygens (including phenoxy) is 3. The summed E-state index contributed by atoms with van der Waals surface area (Å²) in [4.78, 5) is 7.05. The van der Waals surface area contributed by atoms with Gasteiger partial charge in [0.05, 0.1) is 27.4 Å². The summed E-state index contributed by atoms with van der Waals surface area (Å²) < 4.78 is 16.3. The molecule has 5 heteroatoms. The van der Waals surface area contributed by atoms with E-state index in [0.717, 1.165) is 60.1 Å². The van der Waals surface area contributed by atoms with Crippen molar-refractivity contribution in [2.24, 2.45) is 0 Å². The quantitative estimate of drug-likeness (QED) is 0.867. The van der Waals surface area contributed by atoms with Gasteiger partial charge in [0.25, 0.3) is 0 Å². The van der Waals surface area contributed by atoms with Gasteiger partial charge in [-0.25, -0.2) is 4.98 Å². The standard InChI is InChI=1S/C16H20N2O3/c1-11-10-14(18-6-8-21-9-7-18)17-16-13(20-3)5-4-12(19-2)15(11)16/h4-5,10H,6-9H2,1-3H3. The van der Waals surface area contributed by atoms with Gasteiger partial charge in [0.2, 0.25) is 0 Å². The third-order valence-corrected chi connectivity index (χ3v) is 3.84. The van der Waals surface area contributed by atoms with Gasteiger partial charge in [0.15, 0.2) is 0 Å². The minimum absolute atomic E-state index is 0.744. The fourth-order valence-corrected chi connectivity index (χ4v) is 2.75. The zero-order chi connectivity index (χ0) is 14.8. The van der Waals surface area contributed by atoms with Crippen molar-refractivity contribution in [3.05, 3.63) is 23.8 Å². The number of rotatable bonds is 3. The molecule has 5 nitrogen and oxygen atoms in total. The molecule has 0 aliphatic carbocycles. The fraction of sp³-hybridized carbons (Fsp3) is 0.438. The van der Waals surface area contributed by atoms with Gasteiger partial charge in [-0.05, 0) is 30.7 Å².